The smallest absolute Gasteiger partial charge is 0.306 e. The number of aromatic nitrogens is 1. The minimum absolute atomic E-state index is 0.0248. The van der Waals surface area contributed by atoms with Gasteiger partial charge in [0.2, 0.25) is 0 Å². The monoisotopic (exact) mass is 538 g/mol. The van der Waals surface area contributed by atoms with Crippen molar-refractivity contribution in [2.45, 2.75) is 72.3 Å². The molecule has 1 aromatic heterocycles. The number of aryl methyl sites for hydroxylation is 3. The lowest BCUT2D eigenvalue weighted by atomic mass is 9.93. The lowest BCUT2D eigenvalue weighted by Gasteiger charge is -2.32. The number of carbonyl (C=O) groups excluding carboxylic acids is 2. The number of amides is 1. The van der Waals surface area contributed by atoms with Gasteiger partial charge in [-0.25, -0.2) is 0 Å². The first-order valence-electron chi connectivity index (χ1n) is 13.5. The number of hydrogen-bond acceptors (Lipinski definition) is 4. The van der Waals surface area contributed by atoms with Crippen molar-refractivity contribution in [2.75, 3.05) is 19.7 Å². The second-order valence-corrected chi connectivity index (χ2v) is 11.8. The Kier molecular flexibility index (Phi) is 8.71. The molecule has 1 N–H and O–H groups in total. The van der Waals surface area contributed by atoms with Gasteiger partial charge in [-0.1, -0.05) is 29.8 Å². The number of ether oxygens (including phenoxy) is 2. The highest BCUT2D eigenvalue weighted by molar-refractivity contribution is 6.32. The molecule has 0 saturated carbocycles. The van der Waals surface area contributed by atoms with Crippen molar-refractivity contribution in [3.63, 3.8) is 0 Å². The van der Waals surface area contributed by atoms with Crippen LogP contribution < -0.4 is 4.74 Å². The molecule has 2 aromatic carbocycles. The van der Waals surface area contributed by atoms with E-state index < -0.39 is 5.60 Å². The lowest BCUT2D eigenvalue weighted by Crippen LogP contribution is -2.39. The van der Waals surface area contributed by atoms with Gasteiger partial charge in [0.05, 0.1) is 6.61 Å². The third kappa shape index (κ3) is 6.90. The number of rotatable bonds is 8. The number of nitrogens with one attached hydrogen (secondary N) is 1. The first-order chi connectivity index (χ1) is 18.0. The van der Waals surface area contributed by atoms with Crippen LogP contribution in [0.4, 0.5) is 0 Å². The van der Waals surface area contributed by atoms with Gasteiger partial charge in [0.1, 0.15) is 17.0 Å². The third-order valence-corrected chi connectivity index (χ3v) is 7.65. The van der Waals surface area contributed by atoms with Crippen LogP contribution in [0.25, 0.3) is 10.9 Å². The molecular formula is C31H39ClN2O4. The van der Waals surface area contributed by atoms with E-state index in [2.05, 4.69) is 11.1 Å². The zero-order valence-corrected chi connectivity index (χ0v) is 23.9. The second kappa shape index (κ2) is 11.8. The van der Waals surface area contributed by atoms with Crippen molar-refractivity contribution in [1.29, 1.82) is 0 Å². The molecule has 0 spiro atoms. The Hall–Kier alpha value is -2.99. The molecule has 0 unspecified atom stereocenters. The summed E-state index contributed by atoms with van der Waals surface area (Å²) in [5.41, 5.74) is 4.19. The van der Waals surface area contributed by atoms with Gasteiger partial charge in [-0.15, -0.1) is 0 Å². The molecule has 1 aliphatic heterocycles. The molecule has 0 aliphatic carbocycles. The second-order valence-electron chi connectivity index (χ2n) is 11.4. The van der Waals surface area contributed by atoms with Gasteiger partial charge in [0.15, 0.2) is 0 Å². The summed E-state index contributed by atoms with van der Waals surface area (Å²) < 4.78 is 11.5. The molecule has 1 saturated heterocycles. The molecule has 1 fully saturated rings. The number of carbonyl (C=O) groups is 2. The van der Waals surface area contributed by atoms with E-state index in [1.54, 1.807) is 0 Å². The van der Waals surface area contributed by atoms with Crippen molar-refractivity contribution in [1.82, 2.24) is 9.88 Å². The molecule has 6 nitrogen and oxygen atoms in total. The highest BCUT2D eigenvalue weighted by atomic mass is 35.5. The van der Waals surface area contributed by atoms with Gasteiger partial charge in [0, 0.05) is 35.4 Å². The molecule has 0 bridgehead atoms. The van der Waals surface area contributed by atoms with Gasteiger partial charge in [0.25, 0.3) is 5.91 Å². The Bertz CT molecular complexity index is 1280. The summed E-state index contributed by atoms with van der Waals surface area (Å²) in [6.45, 7) is 11.4. The molecule has 4 rings (SSSR count). The molecule has 3 aromatic rings. The summed E-state index contributed by atoms with van der Waals surface area (Å²) in [5, 5.41) is 1.85. The Labute approximate surface area is 230 Å². The maximum absolute atomic E-state index is 13.6. The highest BCUT2D eigenvalue weighted by Gasteiger charge is 2.29. The van der Waals surface area contributed by atoms with Crippen molar-refractivity contribution < 1.29 is 19.1 Å². The van der Waals surface area contributed by atoms with E-state index in [4.69, 9.17) is 21.1 Å². The van der Waals surface area contributed by atoms with Crippen molar-refractivity contribution in [3.05, 3.63) is 63.8 Å². The van der Waals surface area contributed by atoms with E-state index in [1.165, 1.54) is 0 Å². The standard InChI is InChI=1S/C31H39ClN2O4/c1-20-17-23(18-21(2)28(20)32)37-16-8-10-25-24-9-6-7-11-26(24)33-29(25)30(36)34-14-12-22(13-15-34)19-27(35)38-31(3,4)5/h6-7,9,11,17-18,22,33H,8,10,12-16,19H2,1-5H3. The predicted octanol–water partition coefficient (Wildman–Crippen LogP) is 7.03. The largest absolute Gasteiger partial charge is 0.494 e. The minimum atomic E-state index is -0.475. The number of nitrogens with zero attached hydrogens (tertiary/aromatic N) is 1. The van der Waals surface area contributed by atoms with Crippen LogP contribution in [0.5, 0.6) is 5.75 Å². The Balaban J connectivity index is 1.39. The van der Waals surface area contributed by atoms with E-state index in [0.717, 1.165) is 64.0 Å². The zero-order valence-electron chi connectivity index (χ0n) is 23.2. The fourth-order valence-corrected chi connectivity index (χ4v) is 5.30. The van der Waals surface area contributed by atoms with E-state index in [1.807, 2.05) is 69.9 Å². The Morgan fingerprint density at radius 2 is 1.74 bits per heavy atom. The fraction of sp³-hybridized carbons (Fsp3) is 0.484. The number of hydrogen-bond donors (Lipinski definition) is 1. The van der Waals surface area contributed by atoms with E-state index in [-0.39, 0.29) is 17.8 Å². The SMILES string of the molecule is Cc1cc(OCCCc2c(C(=O)N3CCC(CC(=O)OC(C)(C)C)CC3)[nH]c3ccccc23)cc(C)c1Cl. The van der Waals surface area contributed by atoms with Gasteiger partial charge in [-0.3, -0.25) is 9.59 Å². The van der Waals surface area contributed by atoms with Crippen molar-refractivity contribution >= 4 is 34.4 Å². The Morgan fingerprint density at radius 3 is 2.39 bits per heavy atom. The average molecular weight is 539 g/mol. The first kappa shape index (κ1) is 28.0. The van der Waals surface area contributed by atoms with Crippen LogP contribution in [-0.4, -0.2) is 47.1 Å². The van der Waals surface area contributed by atoms with Gasteiger partial charge in [-0.2, -0.15) is 0 Å². The summed E-state index contributed by atoms with van der Waals surface area (Å²) in [5.74, 6) is 0.922. The molecule has 2 heterocycles. The van der Waals surface area contributed by atoms with Crippen LogP contribution >= 0.6 is 11.6 Å². The predicted molar refractivity (Wildman–Crippen MR) is 152 cm³/mol. The molecule has 7 heteroatoms. The number of aromatic amines is 1. The first-order valence-corrected chi connectivity index (χ1v) is 13.9. The molecular weight excluding hydrogens is 500 g/mol. The van der Waals surface area contributed by atoms with Gasteiger partial charge in [-0.05, 0) is 101 Å². The summed E-state index contributed by atoms with van der Waals surface area (Å²) >= 11 is 6.28. The van der Waals surface area contributed by atoms with E-state index in [0.29, 0.717) is 31.8 Å². The number of esters is 1. The van der Waals surface area contributed by atoms with Gasteiger partial charge < -0.3 is 19.4 Å². The summed E-state index contributed by atoms with van der Waals surface area (Å²) in [6, 6.07) is 12.0. The maximum Gasteiger partial charge on any atom is 0.306 e. The number of H-pyrrole nitrogens is 1. The van der Waals surface area contributed by atoms with Crippen LogP contribution in [0.1, 0.15) is 73.6 Å². The number of halogens is 1. The van der Waals surface area contributed by atoms with E-state index >= 15 is 0 Å². The fourth-order valence-electron chi connectivity index (χ4n) is 5.19. The van der Waals surface area contributed by atoms with E-state index in [9.17, 15) is 9.59 Å². The van der Waals surface area contributed by atoms with Crippen LogP contribution in [0.3, 0.4) is 0 Å². The molecule has 1 amide bonds. The number of likely N-dealkylation sites (tertiary alicyclic amines) is 1. The van der Waals surface area contributed by atoms with Crippen LogP contribution in [0.2, 0.25) is 5.02 Å². The van der Waals surface area contributed by atoms with Crippen LogP contribution in [0.15, 0.2) is 36.4 Å². The van der Waals surface area contributed by atoms with Gasteiger partial charge >= 0.3 is 5.97 Å². The summed E-state index contributed by atoms with van der Waals surface area (Å²) in [6.07, 6.45) is 3.51. The lowest BCUT2D eigenvalue weighted by molar-refractivity contribution is -0.156. The highest BCUT2D eigenvalue weighted by Crippen LogP contribution is 2.29. The van der Waals surface area contributed by atoms with Crippen LogP contribution in [0, 0.1) is 19.8 Å². The number of benzene rings is 2. The molecule has 204 valence electrons. The number of para-hydroxylation sites is 1. The molecule has 38 heavy (non-hydrogen) atoms. The van der Waals surface area contributed by atoms with Crippen molar-refractivity contribution in [3.8, 4) is 5.75 Å². The van der Waals surface area contributed by atoms with Crippen LogP contribution in [-0.2, 0) is 16.0 Å². The minimum Gasteiger partial charge on any atom is -0.494 e. The maximum atomic E-state index is 13.6. The summed E-state index contributed by atoms with van der Waals surface area (Å²) in [4.78, 5) is 31.2. The summed E-state index contributed by atoms with van der Waals surface area (Å²) in [7, 11) is 0. The number of piperidine rings is 1. The Morgan fingerprint density at radius 1 is 1.08 bits per heavy atom. The normalized spacial score (nSPS) is 14.6. The topological polar surface area (TPSA) is 71.6 Å². The number of fused-ring (bicyclic) bond motifs is 1. The molecule has 0 atom stereocenters. The third-order valence-electron chi connectivity index (χ3n) is 7.05. The average Bonchev–Trinajstić information content (AvgIpc) is 3.22. The zero-order chi connectivity index (χ0) is 27.4. The quantitative estimate of drug-likeness (QED) is 0.247. The van der Waals surface area contributed by atoms with Crippen molar-refractivity contribution in [2.24, 2.45) is 5.92 Å². The molecule has 0 radical (unpaired) electrons. The molecule has 1 aliphatic rings.